The lowest BCUT2D eigenvalue weighted by molar-refractivity contribution is 0.0292. The lowest BCUT2D eigenvalue weighted by atomic mass is 10.1. The highest BCUT2D eigenvalue weighted by atomic mass is 35.5. The summed E-state index contributed by atoms with van der Waals surface area (Å²) in [5.41, 5.74) is 1.16. The lowest BCUT2D eigenvalue weighted by Crippen LogP contribution is -2.39. The molecule has 0 bridgehead atoms. The second-order valence-corrected chi connectivity index (χ2v) is 4.46. The van der Waals surface area contributed by atoms with E-state index in [0.717, 1.165) is 31.7 Å². The second kappa shape index (κ2) is 5.17. The van der Waals surface area contributed by atoms with E-state index in [1.54, 1.807) is 0 Å². The third kappa shape index (κ3) is 3.08. The summed E-state index contributed by atoms with van der Waals surface area (Å²) in [6, 6.07) is 5.73. The topological polar surface area (TPSA) is 21.3 Å². The van der Waals surface area contributed by atoms with E-state index in [1.165, 1.54) is 0 Å². The van der Waals surface area contributed by atoms with Gasteiger partial charge in [0.25, 0.3) is 0 Å². The number of halogens is 2. The summed E-state index contributed by atoms with van der Waals surface area (Å²) in [5.74, 6) is 0. The van der Waals surface area contributed by atoms with Gasteiger partial charge in [-0.25, -0.2) is 0 Å². The van der Waals surface area contributed by atoms with Gasteiger partial charge in [0.05, 0.1) is 22.8 Å². The highest BCUT2D eigenvalue weighted by Crippen LogP contribution is 2.23. The fourth-order valence-electron chi connectivity index (χ4n) is 1.68. The van der Waals surface area contributed by atoms with E-state index in [0.29, 0.717) is 10.0 Å². The summed E-state index contributed by atoms with van der Waals surface area (Å²) >= 11 is 11.8. The summed E-state index contributed by atoms with van der Waals surface area (Å²) in [6.45, 7) is 2.63. The van der Waals surface area contributed by atoms with Crippen LogP contribution in [0.2, 0.25) is 10.0 Å². The molecule has 1 saturated heterocycles. The van der Waals surface area contributed by atoms with Gasteiger partial charge in [0.2, 0.25) is 0 Å². The van der Waals surface area contributed by atoms with Crippen molar-refractivity contribution in [2.75, 3.05) is 19.7 Å². The first-order chi connectivity index (χ1) is 7.25. The van der Waals surface area contributed by atoms with Gasteiger partial charge in [0.15, 0.2) is 0 Å². The Morgan fingerprint density at radius 1 is 1.33 bits per heavy atom. The number of morpholine rings is 1. The van der Waals surface area contributed by atoms with Crippen LogP contribution in [0.25, 0.3) is 0 Å². The van der Waals surface area contributed by atoms with Crippen LogP contribution in [0.5, 0.6) is 0 Å². The first-order valence-corrected chi connectivity index (χ1v) is 5.77. The fourth-order valence-corrected chi connectivity index (χ4v) is 2.00. The molecule has 1 fully saturated rings. The largest absolute Gasteiger partial charge is 0.375 e. The van der Waals surface area contributed by atoms with Crippen LogP contribution in [0.15, 0.2) is 18.2 Å². The van der Waals surface area contributed by atoms with Crippen LogP contribution in [0.3, 0.4) is 0 Å². The molecule has 0 radical (unpaired) electrons. The molecule has 82 valence electrons. The van der Waals surface area contributed by atoms with Gasteiger partial charge in [-0.15, -0.1) is 0 Å². The van der Waals surface area contributed by atoms with Gasteiger partial charge in [-0.05, 0) is 24.1 Å². The summed E-state index contributed by atoms with van der Waals surface area (Å²) < 4.78 is 5.61. The molecule has 0 aliphatic carbocycles. The first kappa shape index (κ1) is 11.2. The van der Waals surface area contributed by atoms with Crippen molar-refractivity contribution in [1.29, 1.82) is 0 Å². The van der Waals surface area contributed by atoms with Crippen molar-refractivity contribution in [3.8, 4) is 0 Å². The summed E-state index contributed by atoms with van der Waals surface area (Å²) in [5, 5.41) is 4.51. The monoisotopic (exact) mass is 245 g/mol. The molecular weight excluding hydrogens is 233 g/mol. The van der Waals surface area contributed by atoms with Crippen molar-refractivity contribution >= 4 is 23.2 Å². The van der Waals surface area contributed by atoms with E-state index in [-0.39, 0.29) is 6.10 Å². The Kier molecular flexibility index (Phi) is 3.87. The highest BCUT2D eigenvalue weighted by Gasteiger charge is 2.14. The quantitative estimate of drug-likeness (QED) is 0.865. The molecule has 1 N–H and O–H groups in total. The van der Waals surface area contributed by atoms with Gasteiger partial charge in [-0.2, -0.15) is 0 Å². The molecule has 15 heavy (non-hydrogen) atoms. The summed E-state index contributed by atoms with van der Waals surface area (Å²) in [4.78, 5) is 0. The molecule has 1 atom stereocenters. The predicted octanol–water partition coefficient (Wildman–Crippen LogP) is 2.52. The van der Waals surface area contributed by atoms with Gasteiger partial charge in [0, 0.05) is 13.1 Å². The standard InChI is InChI=1S/C11H13Cl2NO/c12-10-2-1-8(6-11(10)13)5-9-7-14-3-4-15-9/h1-2,6,9,14H,3-5,7H2/t9-/m0/s1. The molecule has 2 nitrogen and oxygen atoms in total. The van der Waals surface area contributed by atoms with E-state index in [9.17, 15) is 0 Å². The van der Waals surface area contributed by atoms with Crippen LogP contribution in [0.4, 0.5) is 0 Å². The van der Waals surface area contributed by atoms with E-state index in [4.69, 9.17) is 27.9 Å². The number of benzene rings is 1. The molecule has 0 aromatic heterocycles. The molecule has 1 aromatic carbocycles. The fraction of sp³-hybridized carbons (Fsp3) is 0.455. The van der Waals surface area contributed by atoms with Crippen molar-refractivity contribution in [2.45, 2.75) is 12.5 Å². The Balaban J connectivity index is 2.00. The Morgan fingerprint density at radius 3 is 2.87 bits per heavy atom. The molecule has 1 aromatic rings. The van der Waals surface area contributed by atoms with Gasteiger partial charge < -0.3 is 10.1 Å². The Morgan fingerprint density at radius 2 is 2.20 bits per heavy atom. The molecule has 4 heteroatoms. The number of hydrogen-bond acceptors (Lipinski definition) is 2. The highest BCUT2D eigenvalue weighted by molar-refractivity contribution is 6.42. The number of rotatable bonds is 2. The molecule has 0 amide bonds. The molecule has 1 heterocycles. The maximum absolute atomic E-state index is 5.94. The van der Waals surface area contributed by atoms with Gasteiger partial charge in [-0.3, -0.25) is 0 Å². The zero-order valence-corrected chi connectivity index (χ0v) is 9.81. The zero-order chi connectivity index (χ0) is 10.7. The molecule has 0 unspecified atom stereocenters. The molecule has 0 spiro atoms. The van der Waals surface area contributed by atoms with E-state index in [2.05, 4.69) is 5.32 Å². The molecule has 0 saturated carbocycles. The SMILES string of the molecule is Clc1ccc(C[C@H]2CNCCO2)cc1Cl. The van der Waals surface area contributed by atoms with Gasteiger partial charge in [0.1, 0.15) is 0 Å². The third-order valence-electron chi connectivity index (χ3n) is 2.45. The van der Waals surface area contributed by atoms with Crippen molar-refractivity contribution in [3.63, 3.8) is 0 Å². The first-order valence-electron chi connectivity index (χ1n) is 5.02. The predicted molar refractivity (Wildman–Crippen MR) is 62.8 cm³/mol. The molecule has 1 aliphatic rings. The summed E-state index contributed by atoms with van der Waals surface area (Å²) in [7, 11) is 0. The third-order valence-corrected chi connectivity index (χ3v) is 3.19. The smallest absolute Gasteiger partial charge is 0.0740 e. The van der Waals surface area contributed by atoms with E-state index in [1.807, 2.05) is 18.2 Å². The van der Waals surface area contributed by atoms with Gasteiger partial charge in [-0.1, -0.05) is 29.3 Å². The van der Waals surface area contributed by atoms with Crippen LogP contribution in [-0.4, -0.2) is 25.8 Å². The molecule has 2 rings (SSSR count). The average Bonchev–Trinajstić information content (AvgIpc) is 2.25. The van der Waals surface area contributed by atoms with Crippen LogP contribution in [0, 0.1) is 0 Å². The lowest BCUT2D eigenvalue weighted by Gasteiger charge is -2.23. The number of hydrogen-bond donors (Lipinski definition) is 1. The maximum atomic E-state index is 5.94. The van der Waals surface area contributed by atoms with Gasteiger partial charge >= 0.3 is 0 Å². The van der Waals surface area contributed by atoms with E-state index < -0.39 is 0 Å². The second-order valence-electron chi connectivity index (χ2n) is 3.65. The van der Waals surface area contributed by atoms with E-state index >= 15 is 0 Å². The average molecular weight is 246 g/mol. The van der Waals surface area contributed by atoms with Crippen molar-refractivity contribution < 1.29 is 4.74 Å². The number of ether oxygens (including phenoxy) is 1. The normalized spacial score (nSPS) is 21.6. The van der Waals surface area contributed by atoms with Crippen LogP contribution < -0.4 is 5.32 Å². The molecule has 1 aliphatic heterocycles. The minimum absolute atomic E-state index is 0.246. The Hall–Kier alpha value is -0.280. The maximum Gasteiger partial charge on any atom is 0.0740 e. The van der Waals surface area contributed by atoms with Crippen LogP contribution in [0.1, 0.15) is 5.56 Å². The molecular formula is C11H13Cl2NO. The Labute approximate surface area is 99.5 Å². The van der Waals surface area contributed by atoms with Crippen molar-refractivity contribution in [2.24, 2.45) is 0 Å². The summed E-state index contributed by atoms with van der Waals surface area (Å²) in [6.07, 6.45) is 1.13. The zero-order valence-electron chi connectivity index (χ0n) is 8.30. The van der Waals surface area contributed by atoms with Crippen molar-refractivity contribution in [1.82, 2.24) is 5.32 Å². The minimum atomic E-state index is 0.246. The van der Waals surface area contributed by atoms with Crippen molar-refractivity contribution in [3.05, 3.63) is 33.8 Å². The van der Waals surface area contributed by atoms with Crippen LogP contribution >= 0.6 is 23.2 Å². The number of nitrogens with one attached hydrogen (secondary N) is 1. The van der Waals surface area contributed by atoms with Crippen LogP contribution in [-0.2, 0) is 11.2 Å². The Bertz CT molecular complexity index is 337. The minimum Gasteiger partial charge on any atom is -0.375 e.